The Bertz CT molecular complexity index is 884. The van der Waals surface area contributed by atoms with Gasteiger partial charge in [0.1, 0.15) is 0 Å². The summed E-state index contributed by atoms with van der Waals surface area (Å²) in [6, 6.07) is 10.2. The summed E-state index contributed by atoms with van der Waals surface area (Å²) in [6.07, 6.45) is 7.58. The summed E-state index contributed by atoms with van der Waals surface area (Å²) < 4.78 is 5.73. The SMILES string of the molecule is O=C(O)C(C(=O)O)(C(=O)O)N1CCNCCNCCN(CC(O)CCCCCCCCCOCc2ccccc2)CC1. The first-order valence-electron chi connectivity index (χ1n) is 15.2. The van der Waals surface area contributed by atoms with Crippen LogP contribution in [0.15, 0.2) is 30.3 Å². The zero-order valence-corrected chi connectivity index (χ0v) is 24.7. The van der Waals surface area contributed by atoms with Gasteiger partial charge >= 0.3 is 23.4 Å². The van der Waals surface area contributed by atoms with Crippen LogP contribution >= 0.6 is 0 Å². The van der Waals surface area contributed by atoms with Gasteiger partial charge < -0.3 is 35.8 Å². The van der Waals surface area contributed by atoms with Gasteiger partial charge in [0.15, 0.2) is 0 Å². The van der Waals surface area contributed by atoms with Crippen LogP contribution in [0.25, 0.3) is 0 Å². The summed E-state index contributed by atoms with van der Waals surface area (Å²) in [6.45, 7) is 4.48. The summed E-state index contributed by atoms with van der Waals surface area (Å²) in [7, 11) is 0. The van der Waals surface area contributed by atoms with E-state index in [1.165, 1.54) is 5.56 Å². The number of rotatable bonds is 18. The van der Waals surface area contributed by atoms with Crippen LogP contribution in [0.3, 0.4) is 0 Å². The number of aliphatic hydroxyl groups excluding tert-OH is 1. The van der Waals surface area contributed by atoms with E-state index in [1.54, 1.807) is 0 Å². The van der Waals surface area contributed by atoms with Gasteiger partial charge in [0.05, 0.1) is 12.7 Å². The predicted molar refractivity (Wildman–Crippen MR) is 158 cm³/mol. The molecule has 0 saturated carbocycles. The Balaban J connectivity index is 1.71. The molecule has 1 unspecified atom stereocenters. The van der Waals surface area contributed by atoms with Crippen molar-refractivity contribution in [3.05, 3.63) is 35.9 Å². The van der Waals surface area contributed by atoms with Crippen LogP contribution < -0.4 is 10.6 Å². The lowest BCUT2D eigenvalue weighted by Gasteiger charge is -2.36. The van der Waals surface area contributed by atoms with E-state index < -0.39 is 29.6 Å². The number of hydrogen-bond acceptors (Lipinski definition) is 9. The van der Waals surface area contributed by atoms with E-state index in [9.17, 15) is 34.8 Å². The molecule has 1 atom stereocenters. The molecule has 1 aliphatic heterocycles. The highest BCUT2D eigenvalue weighted by Gasteiger charge is 2.59. The van der Waals surface area contributed by atoms with Crippen molar-refractivity contribution in [3.63, 3.8) is 0 Å². The molecular formula is C30H50N4O8. The molecule has 0 aromatic heterocycles. The van der Waals surface area contributed by atoms with E-state index in [0.29, 0.717) is 45.8 Å². The molecule has 6 N–H and O–H groups in total. The van der Waals surface area contributed by atoms with Crippen LogP contribution in [0.2, 0.25) is 0 Å². The van der Waals surface area contributed by atoms with Crippen LogP contribution in [0.1, 0.15) is 56.9 Å². The van der Waals surface area contributed by atoms with E-state index in [-0.39, 0.29) is 26.2 Å². The summed E-state index contributed by atoms with van der Waals surface area (Å²) in [5.74, 6) is -5.79. The van der Waals surface area contributed by atoms with Gasteiger partial charge in [-0.15, -0.1) is 0 Å². The minimum absolute atomic E-state index is 0.0675. The topological polar surface area (TPSA) is 172 Å². The Hall–Kier alpha value is -2.61. The fourth-order valence-corrected chi connectivity index (χ4v) is 5.18. The molecule has 0 aliphatic carbocycles. The highest BCUT2D eigenvalue weighted by molar-refractivity contribution is 6.21. The number of unbranched alkanes of at least 4 members (excludes halogenated alkanes) is 6. The van der Waals surface area contributed by atoms with E-state index >= 15 is 0 Å². The second-order valence-corrected chi connectivity index (χ2v) is 10.9. The van der Waals surface area contributed by atoms with Gasteiger partial charge in [0.2, 0.25) is 0 Å². The van der Waals surface area contributed by atoms with Gasteiger partial charge in [-0.25, -0.2) is 14.4 Å². The van der Waals surface area contributed by atoms with Crippen LogP contribution in [0.4, 0.5) is 0 Å². The summed E-state index contributed by atoms with van der Waals surface area (Å²) >= 11 is 0. The normalized spacial score (nSPS) is 17.2. The minimum Gasteiger partial charge on any atom is -0.479 e. The van der Waals surface area contributed by atoms with Crippen molar-refractivity contribution in [1.29, 1.82) is 0 Å². The van der Waals surface area contributed by atoms with E-state index in [2.05, 4.69) is 22.8 Å². The Morgan fingerprint density at radius 3 is 1.95 bits per heavy atom. The van der Waals surface area contributed by atoms with Crippen LogP contribution in [0.5, 0.6) is 0 Å². The first-order chi connectivity index (χ1) is 20.3. The lowest BCUT2D eigenvalue weighted by Crippen LogP contribution is -2.67. The highest BCUT2D eigenvalue weighted by atomic mass is 16.5. The number of carbonyl (C=O) groups is 3. The molecule has 2 rings (SSSR count). The molecular weight excluding hydrogens is 544 g/mol. The molecule has 1 aliphatic rings. The van der Waals surface area contributed by atoms with Gasteiger partial charge in [-0.2, -0.15) is 0 Å². The number of β-amino-alcohol motifs (C(OH)–C–C–N with tert-alkyl or cyclic N) is 1. The molecule has 238 valence electrons. The minimum atomic E-state index is -3.08. The fraction of sp³-hybridized carbons (Fsp3) is 0.700. The number of hydrogen-bond donors (Lipinski definition) is 6. The Morgan fingerprint density at radius 1 is 0.762 bits per heavy atom. The number of carboxylic acids is 3. The molecule has 0 bridgehead atoms. The monoisotopic (exact) mass is 594 g/mol. The maximum Gasteiger partial charge on any atom is 0.347 e. The molecule has 1 heterocycles. The molecule has 0 spiro atoms. The molecule has 1 aromatic rings. The third-order valence-electron chi connectivity index (χ3n) is 7.64. The fourth-order valence-electron chi connectivity index (χ4n) is 5.18. The predicted octanol–water partition coefficient (Wildman–Crippen LogP) is 1.47. The van der Waals surface area contributed by atoms with Crippen LogP contribution in [-0.2, 0) is 25.7 Å². The Kier molecular flexibility index (Phi) is 17.2. The molecule has 1 saturated heterocycles. The van der Waals surface area contributed by atoms with E-state index in [4.69, 9.17) is 4.74 Å². The van der Waals surface area contributed by atoms with Crippen molar-refractivity contribution < 1.29 is 39.5 Å². The molecule has 12 heteroatoms. The van der Waals surface area contributed by atoms with Crippen molar-refractivity contribution in [3.8, 4) is 0 Å². The summed E-state index contributed by atoms with van der Waals surface area (Å²) in [4.78, 5) is 38.8. The highest BCUT2D eigenvalue weighted by Crippen LogP contribution is 2.18. The number of aliphatic hydroxyl groups is 1. The van der Waals surface area contributed by atoms with Crippen molar-refractivity contribution in [1.82, 2.24) is 20.4 Å². The second-order valence-electron chi connectivity index (χ2n) is 10.9. The van der Waals surface area contributed by atoms with E-state index in [0.717, 1.165) is 56.5 Å². The zero-order valence-electron chi connectivity index (χ0n) is 24.7. The number of benzene rings is 1. The van der Waals surface area contributed by atoms with Crippen molar-refractivity contribution in [2.75, 3.05) is 65.5 Å². The molecule has 0 amide bonds. The van der Waals surface area contributed by atoms with Crippen LogP contribution in [0, 0.1) is 0 Å². The van der Waals surface area contributed by atoms with Crippen molar-refractivity contribution >= 4 is 17.9 Å². The summed E-state index contributed by atoms with van der Waals surface area (Å²) in [5.41, 5.74) is -1.89. The average Bonchev–Trinajstić information content (AvgIpc) is 2.94. The van der Waals surface area contributed by atoms with Crippen LogP contribution in [-0.4, -0.2) is 125 Å². The molecule has 1 aromatic carbocycles. The standard InChI is InChI=1S/C30H50N4O8/c35-26(13-9-4-2-1-3-5-10-22-42-24-25-11-7-6-8-12-25)23-33-18-16-31-14-15-32-17-19-34(21-20-33)30(27(36)37,28(38)39)29(40)41/h6-8,11-12,26,31-32,35H,1-5,9-10,13-24H2,(H,36,37)(H,38,39)(H,40,41). The van der Waals surface area contributed by atoms with Crippen molar-refractivity contribution in [2.45, 2.75) is 69.6 Å². The average molecular weight is 595 g/mol. The van der Waals surface area contributed by atoms with Gasteiger partial charge in [-0.3, -0.25) is 9.80 Å². The first-order valence-corrected chi connectivity index (χ1v) is 15.2. The zero-order chi connectivity index (χ0) is 30.6. The molecule has 0 radical (unpaired) electrons. The third-order valence-corrected chi connectivity index (χ3v) is 7.64. The molecule has 42 heavy (non-hydrogen) atoms. The van der Waals surface area contributed by atoms with Crippen molar-refractivity contribution in [2.24, 2.45) is 0 Å². The van der Waals surface area contributed by atoms with Gasteiger partial charge in [-0.05, 0) is 18.4 Å². The largest absolute Gasteiger partial charge is 0.479 e. The molecule has 12 nitrogen and oxygen atoms in total. The first kappa shape index (κ1) is 35.6. The smallest absolute Gasteiger partial charge is 0.347 e. The Labute approximate surface area is 249 Å². The third kappa shape index (κ3) is 12.3. The summed E-state index contributed by atoms with van der Waals surface area (Å²) in [5, 5.41) is 46.2. The number of ether oxygens (including phenoxy) is 1. The quantitative estimate of drug-likeness (QED) is 0.107. The maximum atomic E-state index is 12.0. The van der Waals surface area contributed by atoms with Gasteiger partial charge in [-0.1, -0.05) is 68.9 Å². The number of carboxylic acid groups (broad SMARTS) is 3. The second kappa shape index (κ2) is 20.3. The lowest BCUT2D eigenvalue weighted by atomic mass is 9.97. The number of nitrogens with one attached hydrogen (secondary N) is 2. The van der Waals surface area contributed by atoms with Gasteiger partial charge in [0.25, 0.3) is 0 Å². The van der Waals surface area contributed by atoms with Gasteiger partial charge in [0, 0.05) is 65.5 Å². The number of aliphatic carboxylic acids is 3. The molecule has 1 fully saturated rings. The Morgan fingerprint density at radius 2 is 1.33 bits per heavy atom. The number of nitrogens with zero attached hydrogens (tertiary/aromatic N) is 2. The maximum absolute atomic E-state index is 12.0. The van der Waals surface area contributed by atoms with E-state index in [1.807, 2.05) is 23.1 Å². The lowest BCUT2D eigenvalue weighted by molar-refractivity contribution is -0.179.